The van der Waals surface area contributed by atoms with Crippen molar-refractivity contribution in [3.63, 3.8) is 0 Å². The van der Waals surface area contributed by atoms with Crippen LogP contribution in [0.3, 0.4) is 0 Å². The van der Waals surface area contributed by atoms with Crippen LogP contribution in [0.4, 0.5) is 0 Å². The molecule has 1 aromatic carbocycles. The molecule has 0 radical (unpaired) electrons. The fourth-order valence-electron chi connectivity index (χ4n) is 2.41. The number of amides is 1. The minimum atomic E-state index is -0.884. The number of carbonyl (C=O) groups excluding carboxylic acids is 1. The monoisotopic (exact) mass is 291 g/mol. The van der Waals surface area contributed by atoms with Crippen LogP contribution >= 0.6 is 0 Å². The summed E-state index contributed by atoms with van der Waals surface area (Å²) in [4.78, 5) is 24.6. The normalized spacial score (nSPS) is 15.8. The topological polar surface area (TPSA) is 66.8 Å². The largest absolute Gasteiger partial charge is 0.484 e. The van der Waals surface area contributed by atoms with Gasteiger partial charge in [0.05, 0.1) is 6.42 Å². The molecule has 0 spiro atoms. The second-order valence-corrected chi connectivity index (χ2v) is 5.57. The average molecular weight is 291 g/mol. The highest BCUT2D eigenvalue weighted by atomic mass is 16.5. The van der Waals surface area contributed by atoms with Crippen molar-refractivity contribution < 1.29 is 19.4 Å². The maximum atomic E-state index is 12.0. The van der Waals surface area contributed by atoms with Crippen molar-refractivity contribution in [1.29, 1.82) is 0 Å². The molecule has 1 aliphatic rings. The van der Waals surface area contributed by atoms with Crippen molar-refractivity contribution in [3.8, 4) is 5.75 Å². The van der Waals surface area contributed by atoms with Crippen LogP contribution in [-0.4, -0.2) is 41.6 Å². The molecule has 0 bridgehead atoms. The van der Waals surface area contributed by atoms with Crippen molar-refractivity contribution in [2.24, 2.45) is 5.92 Å². The Labute approximate surface area is 124 Å². The first-order valence-corrected chi connectivity index (χ1v) is 7.26. The molecule has 5 nitrogen and oxygen atoms in total. The molecule has 114 valence electrons. The van der Waals surface area contributed by atoms with Crippen molar-refractivity contribution in [3.05, 3.63) is 29.8 Å². The van der Waals surface area contributed by atoms with Crippen LogP contribution in [0, 0.1) is 5.92 Å². The number of ether oxygens (including phenoxy) is 1. The molecule has 1 fully saturated rings. The lowest BCUT2D eigenvalue weighted by molar-refractivity contribution is -0.136. The van der Waals surface area contributed by atoms with Crippen LogP contribution in [0.1, 0.15) is 25.3 Å². The number of hydrogen-bond donors (Lipinski definition) is 1. The first kappa shape index (κ1) is 15.4. The summed E-state index contributed by atoms with van der Waals surface area (Å²) in [6.45, 7) is 3.79. The highest BCUT2D eigenvalue weighted by molar-refractivity contribution is 5.77. The Morgan fingerprint density at radius 1 is 1.33 bits per heavy atom. The highest BCUT2D eigenvalue weighted by Crippen LogP contribution is 2.17. The van der Waals surface area contributed by atoms with Gasteiger partial charge in [0, 0.05) is 13.1 Å². The minimum Gasteiger partial charge on any atom is -0.484 e. The number of aliphatic carboxylic acids is 1. The van der Waals surface area contributed by atoms with Gasteiger partial charge in [-0.15, -0.1) is 0 Å². The van der Waals surface area contributed by atoms with Crippen molar-refractivity contribution in [1.82, 2.24) is 4.90 Å². The van der Waals surface area contributed by atoms with E-state index in [0.29, 0.717) is 17.2 Å². The van der Waals surface area contributed by atoms with Gasteiger partial charge in [0.25, 0.3) is 5.91 Å². The fourth-order valence-corrected chi connectivity index (χ4v) is 2.41. The molecular weight excluding hydrogens is 270 g/mol. The summed E-state index contributed by atoms with van der Waals surface area (Å²) in [6, 6.07) is 6.87. The molecule has 5 heteroatoms. The van der Waals surface area contributed by atoms with Crippen LogP contribution in [0.5, 0.6) is 5.75 Å². The quantitative estimate of drug-likeness (QED) is 0.900. The summed E-state index contributed by atoms with van der Waals surface area (Å²) >= 11 is 0. The van der Waals surface area contributed by atoms with Gasteiger partial charge in [-0.3, -0.25) is 9.59 Å². The second-order valence-electron chi connectivity index (χ2n) is 5.57. The molecule has 1 heterocycles. The van der Waals surface area contributed by atoms with E-state index in [1.807, 2.05) is 4.90 Å². The summed E-state index contributed by atoms with van der Waals surface area (Å²) in [6.07, 6.45) is 2.04. The number of piperidine rings is 1. The molecule has 1 N–H and O–H groups in total. The van der Waals surface area contributed by atoms with Crippen LogP contribution < -0.4 is 4.74 Å². The predicted octanol–water partition coefficient (Wildman–Crippen LogP) is 1.95. The first-order valence-electron chi connectivity index (χ1n) is 7.26. The Morgan fingerprint density at radius 3 is 2.71 bits per heavy atom. The van der Waals surface area contributed by atoms with E-state index in [1.165, 1.54) is 0 Å². The van der Waals surface area contributed by atoms with Gasteiger partial charge in [-0.1, -0.05) is 19.1 Å². The Balaban J connectivity index is 1.85. The van der Waals surface area contributed by atoms with Gasteiger partial charge in [0.2, 0.25) is 0 Å². The van der Waals surface area contributed by atoms with Gasteiger partial charge >= 0.3 is 5.97 Å². The lowest BCUT2D eigenvalue weighted by Crippen LogP contribution is -2.40. The fraction of sp³-hybridized carbons (Fsp3) is 0.500. The zero-order valence-electron chi connectivity index (χ0n) is 12.2. The Bertz CT molecular complexity index is 507. The number of carboxylic acids is 1. The third-order valence-corrected chi connectivity index (χ3v) is 3.75. The standard InChI is InChI=1S/C16H21NO4/c1-12-5-7-17(8-6-12)15(18)11-21-14-4-2-3-13(9-14)10-16(19)20/h2-4,9,12H,5-8,10-11H2,1H3,(H,19,20). The number of carbonyl (C=O) groups is 2. The number of benzene rings is 1. The van der Waals surface area contributed by atoms with E-state index in [0.717, 1.165) is 25.9 Å². The third-order valence-electron chi connectivity index (χ3n) is 3.75. The molecule has 2 rings (SSSR count). The van der Waals surface area contributed by atoms with E-state index >= 15 is 0 Å². The second kappa shape index (κ2) is 7.11. The zero-order chi connectivity index (χ0) is 15.2. The van der Waals surface area contributed by atoms with E-state index in [4.69, 9.17) is 9.84 Å². The van der Waals surface area contributed by atoms with Gasteiger partial charge in [-0.25, -0.2) is 0 Å². The van der Waals surface area contributed by atoms with Crippen LogP contribution in [0.2, 0.25) is 0 Å². The number of nitrogens with zero attached hydrogens (tertiary/aromatic N) is 1. The molecule has 1 aliphatic heterocycles. The molecule has 0 aliphatic carbocycles. The lowest BCUT2D eigenvalue weighted by atomic mass is 9.99. The molecule has 0 atom stereocenters. The molecular formula is C16H21NO4. The average Bonchev–Trinajstić information content (AvgIpc) is 2.45. The third kappa shape index (κ3) is 4.77. The Hall–Kier alpha value is -2.04. The molecule has 0 saturated carbocycles. The lowest BCUT2D eigenvalue weighted by Gasteiger charge is -2.30. The molecule has 21 heavy (non-hydrogen) atoms. The zero-order valence-corrected chi connectivity index (χ0v) is 12.2. The summed E-state index contributed by atoms with van der Waals surface area (Å²) in [7, 11) is 0. The number of carboxylic acid groups (broad SMARTS) is 1. The van der Waals surface area contributed by atoms with E-state index in [1.54, 1.807) is 24.3 Å². The smallest absolute Gasteiger partial charge is 0.307 e. The van der Waals surface area contributed by atoms with Gasteiger partial charge < -0.3 is 14.7 Å². The maximum absolute atomic E-state index is 12.0. The minimum absolute atomic E-state index is 0.00487. The summed E-state index contributed by atoms with van der Waals surface area (Å²) in [5, 5.41) is 8.77. The van der Waals surface area contributed by atoms with E-state index in [9.17, 15) is 9.59 Å². The summed E-state index contributed by atoms with van der Waals surface area (Å²) < 4.78 is 5.49. The van der Waals surface area contributed by atoms with Crippen LogP contribution in [-0.2, 0) is 16.0 Å². The van der Waals surface area contributed by atoms with E-state index in [-0.39, 0.29) is 18.9 Å². The molecule has 1 amide bonds. The van der Waals surface area contributed by atoms with Gasteiger partial charge in [0.15, 0.2) is 6.61 Å². The van der Waals surface area contributed by atoms with Crippen LogP contribution in [0.25, 0.3) is 0 Å². The Morgan fingerprint density at radius 2 is 2.05 bits per heavy atom. The molecule has 0 aromatic heterocycles. The SMILES string of the molecule is CC1CCN(C(=O)COc2cccc(CC(=O)O)c2)CC1. The number of rotatable bonds is 5. The van der Waals surface area contributed by atoms with E-state index in [2.05, 4.69) is 6.92 Å². The molecule has 1 aromatic rings. The van der Waals surface area contributed by atoms with Crippen molar-refractivity contribution >= 4 is 11.9 Å². The Kier molecular flexibility index (Phi) is 5.20. The van der Waals surface area contributed by atoms with Crippen molar-refractivity contribution in [2.75, 3.05) is 19.7 Å². The summed E-state index contributed by atoms with van der Waals surface area (Å²) in [5.74, 6) is 0.325. The molecule has 0 unspecified atom stereocenters. The van der Waals surface area contributed by atoms with Crippen molar-refractivity contribution in [2.45, 2.75) is 26.2 Å². The highest BCUT2D eigenvalue weighted by Gasteiger charge is 2.20. The predicted molar refractivity (Wildman–Crippen MR) is 78.3 cm³/mol. The number of hydrogen-bond acceptors (Lipinski definition) is 3. The van der Waals surface area contributed by atoms with Gasteiger partial charge in [-0.2, -0.15) is 0 Å². The summed E-state index contributed by atoms with van der Waals surface area (Å²) in [5.41, 5.74) is 0.666. The van der Waals surface area contributed by atoms with E-state index < -0.39 is 5.97 Å². The van der Waals surface area contributed by atoms with Gasteiger partial charge in [0.1, 0.15) is 5.75 Å². The first-order chi connectivity index (χ1) is 10.0. The van der Waals surface area contributed by atoms with Gasteiger partial charge in [-0.05, 0) is 36.5 Å². The molecule has 1 saturated heterocycles. The maximum Gasteiger partial charge on any atom is 0.307 e. The van der Waals surface area contributed by atoms with Crippen LogP contribution in [0.15, 0.2) is 24.3 Å². The number of likely N-dealkylation sites (tertiary alicyclic amines) is 1.